The van der Waals surface area contributed by atoms with Gasteiger partial charge in [0.05, 0.1) is 6.61 Å². The topological polar surface area (TPSA) is 30.5 Å². The first-order valence-electron chi connectivity index (χ1n) is 6.20. The van der Waals surface area contributed by atoms with Crippen molar-refractivity contribution in [1.29, 1.82) is 0 Å². The number of nitrogens with one attached hydrogen (secondary N) is 1. The normalized spacial score (nSPS) is 10.4. The van der Waals surface area contributed by atoms with E-state index in [1.807, 2.05) is 13.0 Å². The molecule has 0 aliphatic rings. The van der Waals surface area contributed by atoms with Crippen LogP contribution < -0.4 is 10.1 Å². The van der Waals surface area contributed by atoms with Crippen molar-refractivity contribution in [3.8, 4) is 5.75 Å². The first-order valence-corrected chi connectivity index (χ1v) is 6.20. The van der Waals surface area contributed by atoms with Gasteiger partial charge in [-0.15, -0.1) is 0 Å². The van der Waals surface area contributed by atoms with Gasteiger partial charge in [-0.3, -0.25) is 0 Å². The number of benzene rings is 1. The second kappa shape index (κ2) is 7.90. The minimum atomic E-state index is 0.564. The van der Waals surface area contributed by atoms with E-state index in [4.69, 9.17) is 9.47 Å². The van der Waals surface area contributed by atoms with E-state index in [0.717, 1.165) is 24.4 Å². The lowest BCUT2D eigenvalue weighted by Gasteiger charge is -2.13. The molecule has 3 heteroatoms. The maximum atomic E-state index is 5.74. The molecule has 0 atom stereocenters. The SMILES string of the molecule is C=C(C)COc1ccc(C)cc1CNCCOC. The van der Waals surface area contributed by atoms with E-state index in [1.165, 1.54) is 11.1 Å². The quantitative estimate of drug-likeness (QED) is 0.567. The van der Waals surface area contributed by atoms with Gasteiger partial charge in [-0.05, 0) is 25.5 Å². The van der Waals surface area contributed by atoms with E-state index in [-0.39, 0.29) is 0 Å². The Bertz CT molecular complexity index is 388. The Balaban J connectivity index is 2.61. The van der Waals surface area contributed by atoms with Gasteiger partial charge in [-0.25, -0.2) is 0 Å². The number of ether oxygens (including phenoxy) is 2. The second-order valence-electron chi connectivity index (χ2n) is 4.53. The van der Waals surface area contributed by atoms with Crippen molar-refractivity contribution in [3.05, 3.63) is 41.5 Å². The lowest BCUT2D eigenvalue weighted by molar-refractivity contribution is 0.199. The molecule has 1 N–H and O–H groups in total. The number of aryl methyl sites for hydroxylation is 1. The summed E-state index contributed by atoms with van der Waals surface area (Å²) in [7, 11) is 1.70. The van der Waals surface area contributed by atoms with Crippen molar-refractivity contribution >= 4 is 0 Å². The highest BCUT2D eigenvalue weighted by Gasteiger charge is 2.04. The van der Waals surface area contributed by atoms with E-state index in [9.17, 15) is 0 Å². The van der Waals surface area contributed by atoms with Gasteiger partial charge < -0.3 is 14.8 Å². The average Bonchev–Trinajstić information content (AvgIpc) is 2.33. The third-order valence-corrected chi connectivity index (χ3v) is 2.49. The zero-order chi connectivity index (χ0) is 13.4. The molecule has 0 spiro atoms. The van der Waals surface area contributed by atoms with Gasteiger partial charge in [0.15, 0.2) is 0 Å². The summed E-state index contributed by atoms with van der Waals surface area (Å²) in [6.07, 6.45) is 0. The minimum absolute atomic E-state index is 0.564. The number of hydrogen-bond donors (Lipinski definition) is 1. The lowest BCUT2D eigenvalue weighted by Crippen LogP contribution is -2.19. The zero-order valence-corrected chi connectivity index (χ0v) is 11.6. The molecule has 1 aromatic carbocycles. The van der Waals surface area contributed by atoms with Crippen molar-refractivity contribution in [1.82, 2.24) is 5.32 Å². The molecule has 0 unspecified atom stereocenters. The third kappa shape index (κ3) is 5.34. The van der Waals surface area contributed by atoms with E-state index in [1.54, 1.807) is 7.11 Å². The molecule has 0 aromatic heterocycles. The number of methoxy groups -OCH3 is 1. The fourth-order valence-corrected chi connectivity index (χ4v) is 1.59. The van der Waals surface area contributed by atoms with Crippen LogP contribution >= 0.6 is 0 Å². The fourth-order valence-electron chi connectivity index (χ4n) is 1.59. The molecule has 0 radical (unpaired) electrons. The third-order valence-electron chi connectivity index (χ3n) is 2.49. The Morgan fingerprint density at radius 3 is 2.83 bits per heavy atom. The molecule has 3 nitrogen and oxygen atoms in total. The van der Waals surface area contributed by atoms with E-state index in [2.05, 4.69) is 31.0 Å². The van der Waals surface area contributed by atoms with Crippen LogP contribution in [0.3, 0.4) is 0 Å². The molecule has 0 bridgehead atoms. The maximum absolute atomic E-state index is 5.74. The highest BCUT2D eigenvalue weighted by molar-refractivity contribution is 5.37. The highest BCUT2D eigenvalue weighted by atomic mass is 16.5. The summed E-state index contributed by atoms with van der Waals surface area (Å²) >= 11 is 0. The van der Waals surface area contributed by atoms with Crippen LogP contribution in [0.5, 0.6) is 5.75 Å². The molecular weight excluding hydrogens is 226 g/mol. The number of hydrogen-bond acceptors (Lipinski definition) is 3. The smallest absolute Gasteiger partial charge is 0.124 e. The monoisotopic (exact) mass is 249 g/mol. The molecule has 0 aliphatic carbocycles. The fraction of sp³-hybridized carbons (Fsp3) is 0.467. The second-order valence-corrected chi connectivity index (χ2v) is 4.53. The van der Waals surface area contributed by atoms with Crippen molar-refractivity contribution in [2.45, 2.75) is 20.4 Å². The van der Waals surface area contributed by atoms with Gasteiger partial charge in [0, 0.05) is 25.8 Å². The first kappa shape index (κ1) is 14.7. The lowest BCUT2D eigenvalue weighted by atomic mass is 10.1. The summed E-state index contributed by atoms with van der Waals surface area (Å²) in [6.45, 7) is 10.8. The molecule has 0 heterocycles. The summed E-state index contributed by atoms with van der Waals surface area (Å²) in [5, 5.41) is 3.33. The summed E-state index contributed by atoms with van der Waals surface area (Å²) < 4.78 is 10.7. The molecule has 0 aliphatic heterocycles. The Labute approximate surface area is 110 Å². The molecule has 1 aromatic rings. The van der Waals surface area contributed by atoms with Crippen LogP contribution in [0.15, 0.2) is 30.4 Å². The highest BCUT2D eigenvalue weighted by Crippen LogP contribution is 2.20. The summed E-state index contributed by atoms with van der Waals surface area (Å²) in [4.78, 5) is 0. The summed E-state index contributed by atoms with van der Waals surface area (Å²) in [6, 6.07) is 6.23. The van der Waals surface area contributed by atoms with Gasteiger partial charge in [0.2, 0.25) is 0 Å². The predicted molar refractivity (Wildman–Crippen MR) is 75.1 cm³/mol. The minimum Gasteiger partial charge on any atom is -0.489 e. The van der Waals surface area contributed by atoms with Crippen LogP contribution in [-0.4, -0.2) is 26.9 Å². The van der Waals surface area contributed by atoms with Crippen LogP contribution in [0.1, 0.15) is 18.1 Å². The van der Waals surface area contributed by atoms with Crippen LogP contribution in [0.25, 0.3) is 0 Å². The zero-order valence-electron chi connectivity index (χ0n) is 11.6. The Morgan fingerprint density at radius 2 is 2.17 bits per heavy atom. The largest absolute Gasteiger partial charge is 0.489 e. The standard InChI is InChI=1S/C15H23NO2/c1-12(2)11-18-15-6-5-13(3)9-14(15)10-16-7-8-17-4/h5-6,9,16H,1,7-8,10-11H2,2-4H3. The molecule has 100 valence electrons. The summed E-state index contributed by atoms with van der Waals surface area (Å²) in [5.41, 5.74) is 3.43. The molecule has 0 saturated carbocycles. The van der Waals surface area contributed by atoms with Crippen molar-refractivity contribution in [2.24, 2.45) is 0 Å². The maximum Gasteiger partial charge on any atom is 0.124 e. The Kier molecular flexibility index (Phi) is 6.47. The van der Waals surface area contributed by atoms with E-state index < -0.39 is 0 Å². The van der Waals surface area contributed by atoms with Crippen LogP contribution in [0, 0.1) is 6.92 Å². The number of rotatable bonds is 8. The predicted octanol–water partition coefficient (Wildman–Crippen LogP) is 2.69. The average molecular weight is 249 g/mol. The van der Waals surface area contributed by atoms with E-state index >= 15 is 0 Å². The molecule has 0 saturated heterocycles. The first-order chi connectivity index (χ1) is 8.63. The van der Waals surface area contributed by atoms with Gasteiger partial charge in [-0.2, -0.15) is 0 Å². The van der Waals surface area contributed by atoms with E-state index in [0.29, 0.717) is 13.2 Å². The molecule has 0 fully saturated rings. The van der Waals surface area contributed by atoms with Gasteiger partial charge in [0.1, 0.15) is 12.4 Å². The molecule has 1 rings (SSSR count). The Morgan fingerprint density at radius 1 is 1.39 bits per heavy atom. The molecular formula is C15H23NO2. The van der Waals surface area contributed by atoms with Crippen LogP contribution in [-0.2, 0) is 11.3 Å². The molecule has 18 heavy (non-hydrogen) atoms. The van der Waals surface area contributed by atoms with Crippen molar-refractivity contribution in [3.63, 3.8) is 0 Å². The molecule has 0 amide bonds. The van der Waals surface area contributed by atoms with Crippen molar-refractivity contribution in [2.75, 3.05) is 26.9 Å². The van der Waals surface area contributed by atoms with Gasteiger partial charge >= 0.3 is 0 Å². The van der Waals surface area contributed by atoms with Crippen LogP contribution in [0.4, 0.5) is 0 Å². The van der Waals surface area contributed by atoms with Gasteiger partial charge in [0.25, 0.3) is 0 Å². The Hall–Kier alpha value is -1.32. The van der Waals surface area contributed by atoms with Gasteiger partial charge in [-0.1, -0.05) is 24.3 Å². The van der Waals surface area contributed by atoms with Crippen molar-refractivity contribution < 1.29 is 9.47 Å². The summed E-state index contributed by atoms with van der Waals surface area (Å²) in [5.74, 6) is 0.925. The van der Waals surface area contributed by atoms with Crippen LogP contribution in [0.2, 0.25) is 0 Å².